The SMILES string of the molecule is COc1cc(OC)c([N+](=O)[O-])cc1Nc1nccc(-c2cn(C)c3ccccc23)n1. The lowest BCUT2D eigenvalue weighted by Crippen LogP contribution is -2.02. The highest BCUT2D eigenvalue weighted by Gasteiger charge is 2.20. The molecule has 0 saturated carbocycles. The minimum absolute atomic E-state index is 0.104. The second kappa shape index (κ2) is 7.70. The molecule has 4 rings (SSSR count). The van der Waals surface area contributed by atoms with E-state index < -0.39 is 4.92 Å². The number of nitrogens with one attached hydrogen (secondary N) is 1. The van der Waals surface area contributed by atoms with Crippen LogP contribution in [0, 0.1) is 10.1 Å². The quantitative estimate of drug-likeness (QED) is 0.377. The van der Waals surface area contributed by atoms with E-state index in [-0.39, 0.29) is 17.4 Å². The van der Waals surface area contributed by atoms with E-state index in [0.717, 1.165) is 22.2 Å². The van der Waals surface area contributed by atoms with E-state index in [4.69, 9.17) is 9.47 Å². The first-order valence-corrected chi connectivity index (χ1v) is 9.06. The maximum Gasteiger partial charge on any atom is 0.313 e. The molecule has 0 bridgehead atoms. The van der Waals surface area contributed by atoms with Gasteiger partial charge in [0.2, 0.25) is 11.7 Å². The Morgan fingerprint density at radius 2 is 1.87 bits per heavy atom. The Bertz CT molecular complexity index is 1250. The van der Waals surface area contributed by atoms with Gasteiger partial charge in [0.15, 0.2) is 0 Å². The normalized spacial score (nSPS) is 10.8. The summed E-state index contributed by atoms with van der Waals surface area (Å²) in [5.41, 5.74) is 2.96. The number of benzene rings is 2. The van der Waals surface area contributed by atoms with Crippen LogP contribution in [0.3, 0.4) is 0 Å². The fraction of sp³-hybridized carbons (Fsp3) is 0.143. The third-order valence-corrected chi connectivity index (χ3v) is 4.77. The van der Waals surface area contributed by atoms with Crippen molar-refractivity contribution in [2.24, 2.45) is 7.05 Å². The lowest BCUT2D eigenvalue weighted by molar-refractivity contribution is -0.385. The molecule has 0 fully saturated rings. The molecule has 0 aliphatic heterocycles. The number of aryl methyl sites for hydroxylation is 1. The zero-order chi connectivity index (χ0) is 21.3. The summed E-state index contributed by atoms with van der Waals surface area (Å²) in [6.07, 6.45) is 3.65. The average molecular weight is 405 g/mol. The minimum atomic E-state index is -0.517. The zero-order valence-electron chi connectivity index (χ0n) is 16.6. The first-order chi connectivity index (χ1) is 14.5. The summed E-state index contributed by atoms with van der Waals surface area (Å²) in [5, 5.41) is 15.5. The van der Waals surface area contributed by atoms with Crippen LogP contribution in [0.5, 0.6) is 11.5 Å². The van der Waals surface area contributed by atoms with Gasteiger partial charge in [0.25, 0.3) is 0 Å². The molecule has 0 aliphatic rings. The highest BCUT2D eigenvalue weighted by molar-refractivity contribution is 5.95. The van der Waals surface area contributed by atoms with E-state index in [1.54, 1.807) is 6.20 Å². The van der Waals surface area contributed by atoms with E-state index in [9.17, 15) is 10.1 Å². The smallest absolute Gasteiger partial charge is 0.313 e. The van der Waals surface area contributed by atoms with E-state index in [0.29, 0.717) is 11.4 Å². The summed E-state index contributed by atoms with van der Waals surface area (Å²) in [6.45, 7) is 0. The molecule has 0 atom stereocenters. The summed E-state index contributed by atoms with van der Waals surface area (Å²) < 4.78 is 12.5. The van der Waals surface area contributed by atoms with Crippen molar-refractivity contribution in [3.63, 3.8) is 0 Å². The summed E-state index contributed by atoms with van der Waals surface area (Å²) in [5.74, 6) is 0.766. The Hall–Kier alpha value is -4.14. The monoisotopic (exact) mass is 405 g/mol. The highest BCUT2D eigenvalue weighted by atomic mass is 16.6. The van der Waals surface area contributed by atoms with Gasteiger partial charge in [-0.1, -0.05) is 18.2 Å². The Morgan fingerprint density at radius 1 is 1.10 bits per heavy atom. The number of hydrogen-bond acceptors (Lipinski definition) is 7. The Kier molecular flexibility index (Phi) is 4.93. The molecule has 0 aliphatic carbocycles. The second-order valence-corrected chi connectivity index (χ2v) is 6.54. The first kappa shape index (κ1) is 19.2. The van der Waals surface area contributed by atoms with E-state index in [2.05, 4.69) is 15.3 Å². The van der Waals surface area contributed by atoms with Gasteiger partial charge >= 0.3 is 5.69 Å². The maximum absolute atomic E-state index is 11.4. The van der Waals surface area contributed by atoms with Crippen molar-refractivity contribution in [2.45, 2.75) is 0 Å². The number of anilines is 2. The summed E-state index contributed by atoms with van der Waals surface area (Å²) in [7, 11) is 4.82. The summed E-state index contributed by atoms with van der Waals surface area (Å²) in [4.78, 5) is 19.7. The molecule has 30 heavy (non-hydrogen) atoms. The van der Waals surface area contributed by atoms with E-state index in [1.165, 1.54) is 26.4 Å². The third kappa shape index (κ3) is 3.37. The van der Waals surface area contributed by atoms with Gasteiger partial charge in [0.1, 0.15) is 5.75 Å². The topological polar surface area (TPSA) is 104 Å². The van der Waals surface area contributed by atoms with E-state index >= 15 is 0 Å². The molecule has 4 aromatic rings. The maximum atomic E-state index is 11.4. The molecule has 2 aromatic carbocycles. The molecule has 0 radical (unpaired) electrons. The van der Waals surface area contributed by atoms with Gasteiger partial charge in [-0.3, -0.25) is 10.1 Å². The molecule has 0 spiro atoms. The first-order valence-electron chi connectivity index (χ1n) is 9.06. The van der Waals surface area contributed by atoms with Gasteiger partial charge in [-0.05, 0) is 12.1 Å². The number of nitro benzene ring substituents is 1. The number of aromatic nitrogens is 3. The third-order valence-electron chi connectivity index (χ3n) is 4.77. The van der Waals surface area contributed by atoms with Crippen molar-refractivity contribution in [3.05, 3.63) is 65.0 Å². The molecule has 9 nitrogen and oxygen atoms in total. The standard InChI is InChI=1S/C21H19N5O4/c1-25-12-14(13-6-4-5-7-17(13)25)15-8-9-22-21(23-15)24-16-10-18(26(27)28)20(30-3)11-19(16)29-2/h4-12H,1-3H3,(H,22,23,24). The van der Waals surface area contributed by atoms with E-state index in [1.807, 2.05) is 48.1 Å². The molecule has 0 saturated heterocycles. The number of hydrogen-bond donors (Lipinski definition) is 1. The molecule has 0 amide bonds. The van der Waals surface area contributed by atoms with Crippen LogP contribution < -0.4 is 14.8 Å². The van der Waals surface area contributed by atoms with Crippen LogP contribution in [0.2, 0.25) is 0 Å². The van der Waals surface area contributed by atoms with Crippen molar-refractivity contribution in [1.82, 2.24) is 14.5 Å². The van der Waals surface area contributed by atoms with Gasteiger partial charge in [-0.15, -0.1) is 0 Å². The Labute approximate surface area is 172 Å². The van der Waals surface area contributed by atoms with Crippen LogP contribution in [0.15, 0.2) is 54.9 Å². The summed E-state index contributed by atoms with van der Waals surface area (Å²) >= 11 is 0. The summed E-state index contributed by atoms with van der Waals surface area (Å²) in [6, 6.07) is 12.7. The number of ether oxygens (including phenoxy) is 2. The lowest BCUT2D eigenvalue weighted by atomic mass is 10.1. The van der Waals surface area contributed by atoms with Crippen molar-refractivity contribution >= 4 is 28.2 Å². The molecule has 152 valence electrons. The van der Waals surface area contributed by atoms with Crippen LogP contribution >= 0.6 is 0 Å². The van der Waals surface area contributed by atoms with Crippen LogP contribution in [0.4, 0.5) is 17.3 Å². The molecular formula is C21H19N5O4. The molecule has 0 unspecified atom stereocenters. The number of rotatable bonds is 6. The van der Waals surface area contributed by atoms with Crippen LogP contribution in [0.1, 0.15) is 0 Å². The number of fused-ring (bicyclic) bond motifs is 1. The Balaban J connectivity index is 1.75. The van der Waals surface area contributed by atoms with Crippen molar-refractivity contribution in [1.29, 1.82) is 0 Å². The largest absolute Gasteiger partial charge is 0.494 e. The predicted molar refractivity (Wildman–Crippen MR) is 113 cm³/mol. The van der Waals surface area contributed by atoms with Gasteiger partial charge in [0, 0.05) is 48.0 Å². The average Bonchev–Trinajstić information content (AvgIpc) is 3.10. The molecule has 1 N–H and O–H groups in total. The molecule has 2 aromatic heterocycles. The van der Waals surface area contributed by atoms with Crippen LogP contribution in [-0.4, -0.2) is 33.7 Å². The minimum Gasteiger partial charge on any atom is -0.494 e. The van der Waals surface area contributed by atoms with Gasteiger partial charge in [0.05, 0.1) is 30.5 Å². The molecular weight excluding hydrogens is 386 g/mol. The van der Waals surface area contributed by atoms with Gasteiger partial charge in [-0.2, -0.15) is 0 Å². The zero-order valence-corrected chi connectivity index (χ0v) is 16.6. The van der Waals surface area contributed by atoms with Crippen LogP contribution in [-0.2, 0) is 7.05 Å². The van der Waals surface area contributed by atoms with Gasteiger partial charge in [-0.25, -0.2) is 9.97 Å². The predicted octanol–water partition coefficient (Wildman–Crippen LogP) is 4.30. The fourth-order valence-corrected chi connectivity index (χ4v) is 3.36. The second-order valence-electron chi connectivity index (χ2n) is 6.54. The number of para-hydroxylation sites is 1. The van der Waals surface area contributed by atoms with Crippen molar-refractivity contribution < 1.29 is 14.4 Å². The molecule has 2 heterocycles. The van der Waals surface area contributed by atoms with Crippen molar-refractivity contribution in [2.75, 3.05) is 19.5 Å². The lowest BCUT2D eigenvalue weighted by Gasteiger charge is -2.12. The number of methoxy groups -OCH3 is 2. The molecule has 9 heteroatoms. The van der Waals surface area contributed by atoms with Crippen LogP contribution in [0.25, 0.3) is 22.2 Å². The number of nitrogens with zero attached hydrogens (tertiary/aromatic N) is 4. The fourth-order valence-electron chi connectivity index (χ4n) is 3.36. The van der Waals surface area contributed by atoms with Crippen molar-refractivity contribution in [3.8, 4) is 22.8 Å². The van der Waals surface area contributed by atoms with Gasteiger partial charge < -0.3 is 19.4 Å². The highest BCUT2D eigenvalue weighted by Crippen LogP contribution is 2.38. The number of nitro groups is 1. The Morgan fingerprint density at radius 3 is 2.60 bits per heavy atom.